The minimum absolute atomic E-state index is 0.113. The van der Waals surface area contributed by atoms with E-state index in [1.165, 1.54) is 35.2 Å². The molecular weight excluding hydrogens is 370 g/mol. The van der Waals surface area contributed by atoms with E-state index in [0.717, 1.165) is 18.7 Å². The second-order valence-electron chi connectivity index (χ2n) is 9.86. The summed E-state index contributed by atoms with van der Waals surface area (Å²) in [6.07, 6.45) is 8.49. The number of anilines is 1. The minimum atomic E-state index is 0.113. The first-order valence-corrected chi connectivity index (χ1v) is 10.7. The van der Waals surface area contributed by atoms with E-state index in [1.807, 2.05) is 12.1 Å². The van der Waals surface area contributed by atoms with Gasteiger partial charge in [0.2, 0.25) is 0 Å². The summed E-state index contributed by atoms with van der Waals surface area (Å²) in [5.74, 6) is 0. The van der Waals surface area contributed by atoms with Crippen LogP contribution in [0.15, 0.2) is 41.1 Å². The van der Waals surface area contributed by atoms with Gasteiger partial charge in [0.1, 0.15) is 0 Å². The molecule has 0 aliphatic carbocycles. The first kappa shape index (κ1) is 20.5. The van der Waals surface area contributed by atoms with Crippen LogP contribution in [0.3, 0.4) is 0 Å². The van der Waals surface area contributed by atoms with Crippen molar-refractivity contribution in [3.8, 4) is 6.07 Å². The molecule has 0 amide bonds. The Balaban J connectivity index is 1.76. The average Bonchev–Trinajstić information content (AvgIpc) is 2.72. The molecule has 3 heterocycles. The highest BCUT2D eigenvalue weighted by atomic mass is 16.5. The summed E-state index contributed by atoms with van der Waals surface area (Å²) in [7, 11) is 0. The fraction of sp³-hybridized carbons (Fsp3) is 0.462. The summed E-state index contributed by atoms with van der Waals surface area (Å²) in [6.45, 7) is 19.7. The Kier molecular flexibility index (Phi) is 5.08. The van der Waals surface area contributed by atoms with Crippen molar-refractivity contribution in [1.82, 2.24) is 0 Å². The Morgan fingerprint density at radius 1 is 1.10 bits per heavy atom. The minimum Gasteiger partial charge on any atom is -0.373 e. The van der Waals surface area contributed by atoms with Crippen molar-refractivity contribution >= 4 is 11.8 Å². The maximum atomic E-state index is 9.14. The topological polar surface area (TPSA) is 40.6 Å². The van der Waals surface area contributed by atoms with Crippen LogP contribution >= 0.6 is 0 Å². The molecule has 0 unspecified atom stereocenters. The van der Waals surface area contributed by atoms with Crippen molar-refractivity contribution in [1.29, 1.82) is 5.26 Å². The number of allylic oxidation sites excluding steroid dienone is 1. The number of nitriles is 1. The summed E-state index contributed by atoms with van der Waals surface area (Å²) in [6, 6.07) is 6.67. The fourth-order valence-corrected chi connectivity index (χ4v) is 4.75. The van der Waals surface area contributed by atoms with E-state index in [4.69, 9.17) is 16.6 Å². The molecule has 3 aliphatic rings. The number of ether oxygens (including phenoxy) is 1. The highest BCUT2D eigenvalue weighted by Gasteiger charge is 2.39. The highest BCUT2D eigenvalue weighted by Crippen LogP contribution is 2.49. The summed E-state index contributed by atoms with van der Waals surface area (Å²) >= 11 is 0. The van der Waals surface area contributed by atoms with Crippen LogP contribution in [0.2, 0.25) is 0 Å². The van der Waals surface area contributed by atoms with Gasteiger partial charge in [0.25, 0.3) is 5.70 Å². The van der Waals surface area contributed by atoms with E-state index in [-0.39, 0.29) is 16.5 Å². The number of benzene rings is 1. The quantitative estimate of drug-likeness (QED) is 0.485. The van der Waals surface area contributed by atoms with Gasteiger partial charge in [0, 0.05) is 18.8 Å². The number of hydrogen-bond acceptors (Lipinski definition) is 3. The monoisotopic (exact) mass is 399 g/mol. The maximum Gasteiger partial charge on any atom is 0.267 e. The molecule has 4 heteroatoms. The Morgan fingerprint density at radius 2 is 1.73 bits per heavy atom. The van der Waals surface area contributed by atoms with Gasteiger partial charge in [-0.15, -0.1) is 0 Å². The summed E-state index contributed by atoms with van der Waals surface area (Å²) in [5, 5.41) is 9.14. The Bertz CT molecular complexity index is 1000. The molecule has 3 aliphatic heterocycles. The summed E-state index contributed by atoms with van der Waals surface area (Å²) in [5.41, 5.74) is 7.66. The smallest absolute Gasteiger partial charge is 0.267 e. The van der Waals surface area contributed by atoms with Crippen molar-refractivity contribution in [3.63, 3.8) is 0 Å². The first-order valence-electron chi connectivity index (χ1n) is 10.7. The largest absolute Gasteiger partial charge is 0.373 e. The van der Waals surface area contributed by atoms with Crippen molar-refractivity contribution in [2.45, 2.75) is 51.4 Å². The summed E-state index contributed by atoms with van der Waals surface area (Å²) in [4.78, 5) is 5.89. The zero-order valence-corrected chi connectivity index (χ0v) is 18.4. The molecular formula is C26H29N3O. The van der Waals surface area contributed by atoms with Gasteiger partial charge >= 0.3 is 0 Å². The third-order valence-electron chi connectivity index (χ3n) is 6.82. The van der Waals surface area contributed by atoms with Gasteiger partial charge in [-0.25, -0.2) is 10.1 Å². The lowest BCUT2D eigenvalue weighted by Gasteiger charge is -2.48. The lowest BCUT2D eigenvalue weighted by molar-refractivity contribution is 0.176. The molecule has 1 aromatic carbocycles. The van der Waals surface area contributed by atoms with Crippen molar-refractivity contribution < 1.29 is 4.74 Å². The number of hydrogen-bond donors (Lipinski definition) is 0. The van der Waals surface area contributed by atoms with Gasteiger partial charge in [-0.1, -0.05) is 45.9 Å². The van der Waals surface area contributed by atoms with Crippen LogP contribution in [-0.2, 0) is 15.6 Å². The van der Waals surface area contributed by atoms with Gasteiger partial charge in [0.15, 0.2) is 0 Å². The third-order valence-corrected chi connectivity index (χ3v) is 6.82. The molecule has 0 atom stereocenters. The predicted octanol–water partition coefficient (Wildman–Crippen LogP) is 5.52. The second-order valence-corrected chi connectivity index (χ2v) is 9.86. The molecule has 0 saturated heterocycles. The molecule has 30 heavy (non-hydrogen) atoms. The van der Waals surface area contributed by atoms with E-state index in [1.54, 1.807) is 0 Å². The number of nitrogens with zero attached hydrogens (tertiary/aromatic N) is 3. The van der Waals surface area contributed by atoms with Crippen LogP contribution in [0.25, 0.3) is 10.9 Å². The van der Waals surface area contributed by atoms with Crippen LogP contribution < -0.4 is 4.90 Å². The van der Waals surface area contributed by atoms with Crippen LogP contribution in [0, 0.1) is 17.9 Å². The molecule has 0 saturated carbocycles. The SMILES string of the molecule is [C-]#[N+]C(C#N)=C1C=C(C=Cc2cc3c4c(c2)C(C)(C)CCN4CCC3(C)C)COC1. The lowest BCUT2D eigenvalue weighted by Crippen LogP contribution is -2.44. The third kappa shape index (κ3) is 3.57. The molecule has 4 nitrogen and oxygen atoms in total. The maximum absolute atomic E-state index is 9.14. The molecule has 4 rings (SSSR count). The number of rotatable bonds is 2. The van der Waals surface area contributed by atoms with Gasteiger partial charge in [-0.3, -0.25) is 0 Å². The van der Waals surface area contributed by atoms with E-state index in [9.17, 15) is 0 Å². The molecule has 1 aromatic rings. The zero-order chi connectivity index (χ0) is 21.5. The van der Waals surface area contributed by atoms with Crippen molar-refractivity contribution in [2.24, 2.45) is 0 Å². The van der Waals surface area contributed by atoms with Gasteiger partial charge in [0.05, 0.1) is 25.9 Å². The van der Waals surface area contributed by atoms with Crippen LogP contribution in [0.4, 0.5) is 5.69 Å². The molecule has 0 N–H and O–H groups in total. The van der Waals surface area contributed by atoms with Crippen molar-refractivity contribution in [3.05, 3.63) is 69.2 Å². The Morgan fingerprint density at radius 3 is 2.30 bits per heavy atom. The Labute approximate surface area is 180 Å². The molecule has 0 spiro atoms. The molecule has 0 radical (unpaired) electrons. The van der Waals surface area contributed by atoms with E-state index in [2.05, 4.69) is 61.7 Å². The summed E-state index contributed by atoms with van der Waals surface area (Å²) < 4.78 is 5.61. The predicted molar refractivity (Wildman–Crippen MR) is 121 cm³/mol. The molecule has 0 fully saturated rings. The van der Waals surface area contributed by atoms with Crippen LogP contribution in [-0.4, -0.2) is 26.3 Å². The molecule has 0 aromatic heterocycles. The second kappa shape index (κ2) is 7.46. The zero-order valence-electron chi connectivity index (χ0n) is 18.4. The van der Waals surface area contributed by atoms with E-state index in [0.29, 0.717) is 18.8 Å². The Hall–Kier alpha value is -2.82. The van der Waals surface area contributed by atoms with Crippen LogP contribution in [0.1, 0.15) is 57.2 Å². The van der Waals surface area contributed by atoms with Gasteiger partial charge < -0.3 is 9.64 Å². The van der Waals surface area contributed by atoms with Crippen molar-refractivity contribution in [2.75, 3.05) is 31.2 Å². The van der Waals surface area contributed by atoms with Gasteiger partial charge in [-0.2, -0.15) is 0 Å². The average molecular weight is 400 g/mol. The normalized spacial score (nSPS) is 23.3. The van der Waals surface area contributed by atoms with Gasteiger partial charge in [-0.05, 0) is 63.6 Å². The van der Waals surface area contributed by atoms with E-state index >= 15 is 0 Å². The van der Waals surface area contributed by atoms with Crippen LogP contribution in [0.5, 0.6) is 0 Å². The fourth-order valence-electron chi connectivity index (χ4n) is 4.75. The standard InChI is InChI=1S/C26H29N3O/c1-25(2)8-10-29-11-9-26(3,4)22-14-18(13-21(25)24(22)29)6-7-19-12-20(17-30-16-19)23(15-27)28-5/h6-7,12-14H,8-11,16-17H2,1-4H3. The lowest BCUT2D eigenvalue weighted by atomic mass is 9.69. The molecule has 154 valence electrons. The first-order chi connectivity index (χ1) is 14.2. The van der Waals surface area contributed by atoms with E-state index < -0.39 is 0 Å². The highest BCUT2D eigenvalue weighted by molar-refractivity contribution is 5.72. The molecule has 0 bridgehead atoms.